The van der Waals surface area contributed by atoms with Gasteiger partial charge in [0.1, 0.15) is 5.82 Å². The van der Waals surface area contributed by atoms with E-state index < -0.39 is 11.1 Å². The van der Waals surface area contributed by atoms with E-state index in [9.17, 15) is 8.76 Å². The van der Waals surface area contributed by atoms with Crippen molar-refractivity contribution in [3.8, 4) is 0 Å². The van der Waals surface area contributed by atoms with Crippen LogP contribution in [0.1, 0.15) is 0 Å². The highest BCUT2D eigenvalue weighted by Crippen LogP contribution is 1.98. The molecule has 0 amide bonds. The van der Waals surface area contributed by atoms with Gasteiger partial charge in [-0.15, -0.1) is 0 Å². The second-order valence-corrected chi connectivity index (χ2v) is 2.33. The van der Waals surface area contributed by atoms with Crippen LogP contribution in [0.4, 0.5) is 5.82 Å². The van der Waals surface area contributed by atoms with Gasteiger partial charge in [0.15, 0.2) is 0 Å². The van der Waals surface area contributed by atoms with Crippen LogP contribution in [0, 0.1) is 0 Å². The third-order valence-corrected chi connectivity index (χ3v) is 1.30. The van der Waals surface area contributed by atoms with Crippen LogP contribution in [-0.2, 0) is 11.1 Å². The van der Waals surface area contributed by atoms with Gasteiger partial charge in [-0.05, 0) is 6.07 Å². The van der Waals surface area contributed by atoms with Crippen LogP contribution >= 0.6 is 0 Å². The van der Waals surface area contributed by atoms with Gasteiger partial charge < -0.3 is 10.3 Å². The zero-order chi connectivity index (χ0) is 7.56. The molecule has 0 saturated carbocycles. The van der Waals surface area contributed by atoms with Crippen molar-refractivity contribution in [2.75, 3.05) is 5.73 Å². The fourth-order valence-corrected chi connectivity index (χ4v) is 0.761. The summed E-state index contributed by atoms with van der Waals surface area (Å²) in [4.78, 5) is 6.86. The summed E-state index contributed by atoms with van der Waals surface area (Å²) in [6, 6.07) is 1.41. The van der Waals surface area contributed by atoms with E-state index in [-0.39, 0.29) is 11.0 Å². The van der Waals surface area contributed by atoms with E-state index in [4.69, 9.17) is 5.73 Å². The highest BCUT2D eigenvalue weighted by molar-refractivity contribution is 7.78. The van der Waals surface area contributed by atoms with Crippen molar-refractivity contribution in [1.82, 2.24) is 9.97 Å². The van der Waals surface area contributed by atoms with Gasteiger partial charge >= 0.3 is 0 Å². The van der Waals surface area contributed by atoms with E-state index in [1.165, 1.54) is 12.3 Å². The highest BCUT2D eigenvalue weighted by atomic mass is 32.2. The van der Waals surface area contributed by atoms with Crippen molar-refractivity contribution in [3.63, 3.8) is 0 Å². The third-order valence-electron chi connectivity index (χ3n) is 0.804. The second-order valence-electron chi connectivity index (χ2n) is 1.50. The lowest BCUT2D eigenvalue weighted by Gasteiger charge is -2.01. The Balaban J connectivity index is 3.07. The summed E-state index contributed by atoms with van der Waals surface area (Å²) in [5.74, 6) is 0.147. The van der Waals surface area contributed by atoms with E-state index in [2.05, 4.69) is 9.97 Å². The lowest BCUT2D eigenvalue weighted by Crippen LogP contribution is -1.99. The molecule has 10 heavy (non-hydrogen) atoms. The Bertz CT molecular complexity index is 264. The smallest absolute Gasteiger partial charge is 0.206 e. The molecule has 0 bridgehead atoms. The van der Waals surface area contributed by atoms with Crippen molar-refractivity contribution in [2.24, 2.45) is 0 Å². The zero-order valence-corrected chi connectivity index (χ0v) is 5.67. The van der Waals surface area contributed by atoms with Gasteiger partial charge in [0.25, 0.3) is 0 Å². The van der Waals surface area contributed by atoms with Gasteiger partial charge in [-0.2, -0.15) is 0 Å². The molecule has 0 spiro atoms. The Labute approximate surface area is 59.6 Å². The SMILES string of the molecule is Nc1ccnc(S(=O)[O-])n1. The molecule has 0 aromatic carbocycles. The van der Waals surface area contributed by atoms with Crippen molar-refractivity contribution in [3.05, 3.63) is 12.3 Å². The van der Waals surface area contributed by atoms with E-state index in [0.29, 0.717) is 0 Å². The molecule has 1 aromatic rings. The number of nitrogen functional groups attached to an aromatic ring is 1. The first-order chi connectivity index (χ1) is 4.70. The minimum absolute atomic E-state index is 0.147. The van der Waals surface area contributed by atoms with E-state index in [1.54, 1.807) is 0 Å². The normalized spacial score (nSPS) is 12.9. The zero-order valence-electron chi connectivity index (χ0n) is 4.85. The molecule has 0 aliphatic rings. The molecule has 0 radical (unpaired) electrons. The molecule has 2 N–H and O–H groups in total. The molecule has 1 heterocycles. The number of hydrogen-bond acceptors (Lipinski definition) is 5. The molecule has 0 aliphatic carbocycles. The van der Waals surface area contributed by atoms with Crippen LogP contribution < -0.4 is 5.73 Å². The second kappa shape index (κ2) is 2.72. The number of nitrogens with two attached hydrogens (primary N) is 1. The van der Waals surface area contributed by atoms with Crippen molar-refractivity contribution < 1.29 is 8.76 Å². The molecule has 1 atom stereocenters. The van der Waals surface area contributed by atoms with E-state index in [1.807, 2.05) is 0 Å². The molecule has 5 nitrogen and oxygen atoms in total. The van der Waals surface area contributed by atoms with Gasteiger partial charge in [-0.3, -0.25) is 4.21 Å². The summed E-state index contributed by atoms with van der Waals surface area (Å²) in [5, 5.41) is -0.278. The molecule has 0 saturated heterocycles. The topological polar surface area (TPSA) is 91.9 Å². The molecule has 54 valence electrons. The van der Waals surface area contributed by atoms with Gasteiger partial charge in [0.05, 0.1) is 0 Å². The molecule has 1 unspecified atom stereocenters. The lowest BCUT2D eigenvalue weighted by atomic mass is 10.6. The standard InChI is InChI=1S/C4H5N3O2S/c5-3-1-2-6-4(7-3)10(8)9/h1-2H,(H,8,9)(H2,5,6,7)/p-1. The summed E-state index contributed by atoms with van der Waals surface area (Å²) >= 11 is -2.39. The first-order valence-corrected chi connectivity index (χ1v) is 3.45. The largest absolute Gasteiger partial charge is 0.766 e. The summed E-state index contributed by atoms with van der Waals surface area (Å²) < 4.78 is 20.3. The van der Waals surface area contributed by atoms with Crippen molar-refractivity contribution in [2.45, 2.75) is 5.16 Å². The predicted octanol–water partition coefficient (Wildman–Crippen LogP) is -0.703. The Morgan fingerprint density at radius 2 is 2.40 bits per heavy atom. The maximum atomic E-state index is 10.2. The van der Waals surface area contributed by atoms with Crippen LogP contribution in [0.25, 0.3) is 0 Å². The number of aromatic nitrogens is 2. The van der Waals surface area contributed by atoms with E-state index in [0.717, 1.165) is 0 Å². The molecule has 0 fully saturated rings. The quantitative estimate of drug-likeness (QED) is 0.431. The summed E-state index contributed by atoms with van der Waals surface area (Å²) in [7, 11) is 0. The Kier molecular flexibility index (Phi) is 1.93. The fraction of sp³-hybridized carbons (Fsp3) is 0. The number of hydrogen-bond donors (Lipinski definition) is 1. The summed E-state index contributed by atoms with van der Waals surface area (Å²) in [6.45, 7) is 0. The molecule has 0 aliphatic heterocycles. The van der Waals surface area contributed by atoms with Crippen molar-refractivity contribution >= 4 is 16.9 Å². The van der Waals surface area contributed by atoms with Crippen LogP contribution in [0.15, 0.2) is 17.4 Å². The molecular formula is C4H4N3O2S-. The Morgan fingerprint density at radius 3 is 2.80 bits per heavy atom. The average Bonchev–Trinajstić information content (AvgIpc) is 1.88. The first-order valence-electron chi connectivity index (χ1n) is 2.38. The minimum atomic E-state index is -2.39. The minimum Gasteiger partial charge on any atom is -0.766 e. The van der Waals surface area contributed by atoms with Gasteiger partial charge in [-0.25, -0.2) is 9.97 Å². The van der Waals surface area contributed by atoms with Crippen LogP contribution in [0.3, 0.4) is 0 Å². The van der Waals surface area contributed by atoms with Gasteiger partial charge in [0, 0.05) is 17.3 Å². The number of rotatable bonds is 1. The first kappa shape index (κ1) is 7.10. The summed E-state index contributed by atoms with van der Waals surface area (Å²) in [5.41, 5.74) is 5.17. The third kappa shape index (κ3) is 1.49. The number of anilines is 1. The molecule has 6 heteroatoms. The lowest BCUT2D eigenvalue weighted by molar-refractivity contribution is 0.528. The maximum absolute atomic E-state index is 10.2. The van der Waals surface area contributed by atoms with Crippen LogP contribution in [0.2, 0.25) is 0 Å². The number of nitrogens with zero attached hydrogens (tertiary/aromatic N) is 2. The Hall–Kier alpha value is -1.01. The van der Waals surface area contributed by atoms with Crippen molar-refractivity contribution in [1.29, 1.82) is 0 Å². The van der Waals surface area contributed by atoms with Gasteiger partial charge in [-0.1, -0.05) is 0 Å². The Morgan fingerprint density at radius 1 is 1.70 bits per heavy atom. The maximum Gasteiger partial charge on any atom is 0.206 e. The fourth-order valence-electron chi connectivity index (χ4n) is 0.434. The average molecular weight is 158 g/mol. The van der Waals surface area contributed by atoms with Crippen LogP contribution in [-0.4, -0.2) is 18.7 Å². The highest BCUT2D eigenvalue weighted by Gasteiger charge is 1.93. The van der Waals surface area contributed by atoms with E-state index >= 15 is 0 Å². The monoisotopic (exact) mass is 158 g/mol. The molecule has 1 rings (SSSR count). The summed E-state index contributed by atoms with van der Waals surface area (Å²) in [6.07, 6.45) is 1.29. The van der Waals surface area contributed by atoms with Gasteiger partial charge in [0.2, 0.25) is 5.16 Å². The molecular weight excluding hydrogens is 154 g/mol. The molecule has 1 aromatic heterocycles. The predicted molar refractivity (Wildman–Crippen MR) is 33.6 cm³/mol. The van der Waals surface area contributed by atoms with Crippen LogP contribution in [0.5, 0.6) is 0 Å².